The predicted molar refractivity (Wildman–Crippen MR) is 106 cm³/mol. The Bertz CT molecular complexity index is 887. The average molecular weight is 431 g/mol. The summed E-state index contributed by atoms with van der Waals surface area (Å²) in [7, 11) is -3.69. The number of rotatable bonds is 9. The second-order valence-electron chi connectivity index (χ2n) is 5.82. The van der Waals surface area contributed by atoms with Crippen LogP contribution in [0.4, 0.5) is 0 Å². The van der Waals surface area contributed by atoms with Crippen molar-refractivity contribution in [2.24, 2.45) is 5.14 Å². The molecular weight excluding hydrogens is 411 g/mol. The molecule has 0 fully saturated rings. The molecule has 0 atom stereocenters. The lowest BCUT2D eigenvalue weighted by atomic mass is 10.1. The lowest BCUT2D eigenvalue weighted by molar-refractivity contribution is -0.121. The summed E-state index contributed by atoms with van der Waals surface area (Å²) in [5, 5.41) is 8.83. The summed E-state index contributed by atoms with van der Waals surface area (Å²) in [6.45, 7) is 0.821. The van der Waals surface area contributed by atoms with Crippen LogP contribution in [0.3, 0.4) is 0 Å². The first-order chi connectivity index (χ1) is 12.8. The summed E-state index contributed by atoms with van der Waals surface area (Å²) in [5.41, 5.74) is 0.906. The van der Waals surface area contributed by atoms with Gasteiger partial charge in [0.15, 0.2) is 0 Å². The molecule has 0 heterocycles. The molecule has 1 amide bonds. The zero-order valence-electron chi connectivity index (χ0n) is 14.5. The van der Waals surface area contributed by atoms with Gasteiger partial charge in [-0.05, 0) is 48.7 Å². The number of benzene rings is 2. The van der Waals surface area contributed by atoms with E-state index in [0.717, 1.165) is 5.56 Å². The van der Waals surface area contributed by atoms with Gasteiger partial charge in [0.05, 0.1) is 16.5 Å². The molecule has 0 saturated carbocycles. The maximum atomic E-state index is 11.8. The second-order valence-corrected chi connectivity index (χ2v) is 8.22. The number of sulfonamides is 1. The number of hydrogen-bond acceptors (Lipinski definition) is 4. The first kappa shape index (κ1) is 21.5. The molecule has 27 heavy (non-hydrogen) atoms. The van der Waals surface area contributed by atoms with Crippen LogP contribution in [0, 0.1) is 0 Å². The number of carbonyl (C=O) groups excluding carboxylic acids is 1. The number of nitrogens with one attached hydrogen (secondary N) is 1. The molecule has 0 aliphatic rings. The Kier molecular flexibility index (Phi) is 7.91. The number of halogens is 2. The van der Waals surface area contributed by atoms with E-state index in [4.69, 9.17) is 33.1 Å². The summed E-state index contributed by atoms with van der Waals surface area (Å²) in [5.74, 6) is 0.450. The van der Waals surface area contributed by atoms with Gasteiger partial charge in [-0.3, -0.25) is 4.79 Å². The van der Waals surface area contributed by atoms with Gasteiger partial charge in [0.25, 0.3) is 0 Å². The zero-order valence-corrected chi connectivity index (χ0v) is 16.8. The van der Waals surface area contributed by atoms with Crippen molar-refractivity contribution in [2.45, 2.75) is 24.2 Å². The van der Waals surface area contributed by atoms with Crippen LogP contribution in [-0.2, 0) is 21.2 Å². The lowest BCUT2D eigenvalue weighted by Crippen LogP contribution is -2.25. The molecule has 146 valence electrons. The van der Waals surface area contributed by atoms with Gasteiger partial charge in [0.2, 0.25) is 15.9 Å². The molecule has 0 bridgehead atoms. The number of primary sulfonamides is 1. The zero-order chi connectivity index (χ0) is 19.9. The number of amides is 1. The Labute approximate surface area is 168 Å². The molecule has 0 unspecified atom stereocenters. The highest BCUT2D eigenvalue weighted by Gasteiger charge is 2.07. The van der Waals surface area contributed by atoms with E-state index in [1.54, 1.807) is 30.3 Å². The highest BCUT2D eigenvalue weighted by Crippen LogP contribution is 2.27. The second kappa shape index (κ2) is 9.94. The standard InChI is InChI=1S/C18H20Cl2N2O4S/c19-14-5-8-17(16(20)12-14)26-11-1-2-18(23)22-10-9-13-3-6-15(7-4-13)27(21,24)25/h3-8,12H,1-2,9-11H2,(H,22,23)(H2,21,24,25). The predicted octanol–water partition coefficient (Wildman–Crippen LogP) is 3.16. The highest BCUT2D eigenvalue weighted by atomic mass is 35.5. The lowest BCUT2D eigenvalue weighted by Gasteiger charge is -2.09. The first-order valence-electron chi connectivity index (χ1n) is 8.22. The van der Waals surface area contributed by atoms with Gasteiger partial charge in [-0.1, -0.05) is 35.3 Å². The molecule has 9 heteroatoms. The van der Waals surface area contributed by atoms with Crippen molar-refractivity contribution in [3.05, 3.63) is 58.1 Å². The summed E-state index contributed by atoms with van der Waals surface area (Å²) in [4.78, 5) is 11.9. The van der Waals surface area contributed by atoms with Gasteiger partial charge in [-0.2, -0.15) is 0 Å². The van der Waals surface area contributed by atoms with Crippen molar-refractivity contribution >= 4 is 39.1 Å². The van der Waals surface area contributed by atoms with Crippen LogP contribution >= 0.6 is 23.2 Å². The van der Waals surface area contributed by atoms with Gasteiger partial charge in [0.1, 0.15) is 5.75 Å². The number of carbonyl (C=O) groups is 1. The van der Waals surface area contributed by atoms with E-state index in [1.807, 2.05) is 0 Å². The van der Waals surface area contributed by atoms with Crippen LogP contribution in [-0.4, -0.2) is 27.5 Å². The number of ether oxygens (including phenoxy) is 1. The van der Waals surface area contributed by atoms with Gasteiger partial charge >= 0.3 is 0 Å². The Balaban J connectivity index is 1.65. The molecule has 0 aliphatic carbocycles. The molecule has 2 rings (SSSR count). The third-order valence-electron chi connectivity index (χ3n) is 3.69. The van der Waals surface area contributed by atoms with Crippen molar-refractivity contribution in [3.63, 3.8) is 0 Å². The topological polar surface area (TPSA) is 98.5 Å². The fourth-order valence-electron chi connectivity index (χ4n) is 2.29. The molecule has 6 nitrogen and oxygen atoms in total. The normalized spacial score (nSPS) is 11.2. The number of hydrogen-bond donors (Lipinski definition) is 2. The van der Waals surface area contributed by atoms with Crippen molar-refractivity contribution in [3.8, 4) is 5.75 Å². The van der Waals surface area contributed by atoms with E-state index in [1.165, 1.54) is 12.1 Å². The number of nitrogens with two attached hydrogens (primary N) is 1. The summed E-state index contributed by atoms with van der Waals surface area (Å²) in [6, 6.07) is 11.2. The fraction of sp³-hybridized carbons (Fsp3) is 0.278. The van der Waals surface area contributed by atoms with E-state index in [9.17, 15) is 13.2 Å². The van der Waals surface area contributed by atoms with Crippen LogP contribution in [0.25, 0.3) is 0 Å². The van der Waals surface area contributed by atoms with Gasteiger partial charge in [-0.25, -0.2) is 13.6 Å². The van der Waals surface area contributed by atoms with E-state index < -0.39 is 10.0 Å². The van der Waals surface area contributed by atoms with Crippen molar-refractivity contribution in [1.29, 1.82) is 0 Å². The van der Waals surface area contributed by atoms with Crippen LogP contribution in [0.5, 0.6) is 5.75 Å². The Morgan fingerprint density at radius 3 is 2.44 bits per heavy atom. The SMILES string of the molecule is NS(=O)(=O)c1ccc(CCNC(=O)CCCOc2ccc(Cl)cc2Cl)cc1. The molecule has 0 saturated heterocycles. The third-order valence-corrected chi connectivity index (χ3v) is 5.15. The van der Waals surface area contributed by atoms with Crippen molar-refractivity contribution < 1.29 is 17.9 Å². The van der Waals surface area contributed by atoms with Crippen LogP contribution in [0.1, 0.15) is 18.4 Å². The van der Waals surface area contributed by atoms with Gasteiger partial charge < -0.3 is 10.1 Å². The molecule has 0 spiro atoms. The van der Waals surface area contributed by atoms with E-state index in [2.05, 4.69) is 5.32 Å². The summed E-state index contributed by atoms with van der Waals surface area (Å²) >= 11 is 11.8. The van der Waals surface area contributed by atoms with E-state index >= 15 is 0 Å². The van der Waals surface area contributed by atoms with Crippen LogP contribution in [0.2, 0.25) is 10.0 Å². The quantitative estimate of drug-likeness (QED) is 0.596. The largest absolute Gasteiger partial charge is 0.492 e. The Morgan fingerprint density at radius 2 is 1.81 bits per heavy atom. The molecule has 2 aromatic carbocycles. The minimum atomic E-state index is -3.69. The van der Waals surface area contributed by atoms with E-state index in [0.29, 0.717) is 48.2 Å². The summed E-state index contributed by atoms with van der Waals surface area (Å²) in [6.07, 6.45) is 1.47. The maximum Gasteiger partial charge on any atom is 0.238 e. The molecule has 0 radical (unpaired) electrons. The Morgan fingerprint density at radius 1 is 1.11 bits per heavy atom. The fourth-order valence-corrected chi connectivity index (χ4v) is 3.27. The molecule has 0 aliphatic heterocycles. The van der Waals surface area contributed by atoms with E-state index in [-0.39, 0.29) is 10.8 Å². The highest BCUT2D eigenvalue weighted by molar-refractivity contribution is 7.89. The minimum absolute atomic E-state index is 0.0658. The van der Waals surface area contributed by atoms with Gasteiger partial charge in [0, 0.05) is 18.0 Å². The van der Waals surface area contributed by atoms with Crippen molar-refractivity contribution in [1.82, 2.24) is 5.32 Å². The van der Waals surface area contributed by atoms with Gasteiger partial charge in [-0.15, -0.1) is 0 Å². The molecule has 3 N–H and O–H groups in total. The average Bonchev–Trinajstić information content (AvgIpc) is 2.60. The third kappa shape index (κ3) is 7.38. The Hall–Kier alpha value is -1.80. The van der Waals surface area contributed by atoms with Crippen LogP contribution in [0.15, 0.2) is 47.4 Å². The van der Waals surface area contributed by atoms with Crippen LogP contribution < -0.4 is 15.2 Å². The molecule has 2 aromatic rings. The molecular formula is C18H20Cl2N2O4S. The maximum absolute atomic E-state index is 11.8. The summed E-state index contributed by atoms with van der Waals surface area (Å²) < 4.78 is 27.9. The molecule has 0 aromatic heterocycles. The smallest absolute Gasteiger partial charge is 0.238 e. The first-order valence-corrected chi connectivity index (χ1v) is 10.5. The van der Waals surface area contributed by atoms with Crippen molar-refractivity contribution in [2.75, 3.05) is 13.2 Å². The monoisotopic (exact) mass is 430 g/mol. The minimum Gasteiger partial charge on any atom is -0.492 e.